The van der Waals surface area contributed by atoms with Crippen LogP contribution in [0, 0.1) is 0 Å². The number of rotatable bonds is 2. The van der Waals surface area contributed by atoms with Crippen LogP contribution in [0.4, 0.5) is 0 Å². The molecule has 0 saturated heterocycles. The number of alkyl halides is 1. The summed E-state index contributed by atoms with van der Waals surface area (Å²) in [5, 5.41) is 4.61. The Morgan fingerprint density at radius 2 is 2.29 bits per heavy atom. The average Bonchev–Trinajstić information content (AvgIpc) is 2.66. The molecule has 2 unspecified atom stereocenters. The predicted molar refractivity (Wildman–Crippen MR) is 58.8 cm³/mol. The third-order valence-corrected chi connectivity index (χ3v) is 3.63. The number of halogens is 1. The molecule has 0 aliphatic heterocycles. The van der Waals surface area contributed by atoms with Crippen LogP contribution in [0.15, 0.2) is 12.3 Å². The quantitative estimate of drug-likeness (QED) is 0.689. The number of hydrogen-bond acceptors (Lipinski definition) is 1. The van der Waals surface area contributed by atoms with Crippen molar-refractivity contribution in [2.24, 2.45) is 0 Å². The van der Waals surface area contributed by atoms with Crippen LogP contribution in [-0.4, -0.2) is 15.2 Å². The van der Waals surface area contributed by atoms with Crippen LogP contribution in [0.1, 0.15) is 44.2 Å². The lowest BCUT2D eigenvalue weighted by Gasteiger charge is -2.27. The summed E-state index contributed by atoms with van der Waals surface area (Å²) in [6, 6.07) is 2.12. The maximum Gasteiger partial charge on any atom is 0.0492 e. The van der Waals surface area contributed by atoms with Gasteiger partial charge in [-0.1, -0.05) is 12.8 Å². The highest BCUT2D eigenvalue weighted by Gasteiger charge is 2.26. The van der Waals surface area contributed by atoms with Gasteiger partial charge >= 0.3 is 0 Å². The van der Waals surface area contributed by atoms with E-state index in [0.717, 1.165) is 13.0 Å². The second-order valence-corrected chi connectivity index (χ2v) is 4.54. The first kappa shape index (κ1) is 10.0. The SMILES string of the molecule is CCn1nccc1C1CCCCC1Cl. The van der Waals surface area contributed by atoms with Crippen molar-refractivity contribution in [3.05, 3.63) is 18.0 Å². The van der Waals surface area contributed by atoms with E-state index in [9.17, 15) is 0 Å². The summed E-state index contributed by atoms with van der Waals surface area (Å²) in [4.78, 5) is 0. The van der Waals surface area contributed by atoms with Crippen molar-refractivity contribution in [2.75, 3.05) is 0 Å². The molecule has 2 atom stereocenters. The molecule has 0 N–H and O–H groups in total. The van der Waals surface area contributed by atoms with Crippen LogP contribution in [0.3, 0.4) is 0 Å². The monoisotopic (exact) mass is 212 g/mol. The van der Waals surface area contributed by atoms with Crippen LogP contribution in [0.25, 0.3) is 0 Å². The number of hydrogen-bond donors (Lipinski definition) is 0. The highest BCUT2D eigenvalue weighted by Crippen LogP contribution is 2.36. The third-order valence-electron chi connectivity index (χ3n) is 3.11. The zero-order chi connectivity index (χ0) is 9.97. The first-order valence-electron chi connectivity index (χ1n) is 5.48. The molecule has 78 valence electrons. The van der Waals surface area contributed by atoms with Gasteiger partial charge in [0.15, 0.2) is 0 Å². The number of aryl methyl sites for hydroxylation is 1. The summed E-state index contributed by atoms with van der Waals surface area (Å²) in [6.07, 6.45) is 6.85. The van der Waals surface area contributed by atoms with Gasteiger partial charge in [-0.3, -0.25) is 4.68 Å². The molecule has 2 rings (SSSR count). The molecular formula is C11H17ClN2. The van der Waals surface area contributed by atoms with Gasteiger partial charge in [0.1, 0.15) is 0 Å². The van der Waals surface area contributed by atoms with Crippen molar-refractivity contribution >= 4 is 11.6 Å². The van der Waals surface area contributed by atoms with Gasteiger partial charge in [0, 0.05) is 29.7 Å². The Balaban J connectivity index is 2.20. The normalized spacial score (nSPS) is 27.9. The Bertz CT molecular complexity index is 295. The zero-order valence-electron chi connectivity index (χ0n) is 8.62. The van der Waals surface area contributed by atoms with Gasteiger partial charge in [0.25, 0.3) is 0 Å². The smallest absolute Gasteiger partial charge is 0.0492 e. The Kier molecular flexibility index (Phi) is 3.12. The second-order valence-electron chi connectivity index (χ2n) is 3.98. The van der Waals surface area contributed by atoms with E-state index in [4.69, 9.17) is 11.6 Å². The van der Waals surface area contributed by atoms with Crippen molar-refractivity contribution in [3.63, 3.8) is 0 Å². The molecule has 1 aromatic rings. The van der Waals surface area contributed by atoms with Crippen LogP contribution in [-0.2, 0) is 6.54 Å². The summed E-state index contributed by atoms with van der Waals surface area (Å²) in [7, 11) is 0. The summed E-state index contributed by atoms with van der Waals surface area (Å²) >= 11 is 6.36. The molecule has 0 bridgehead atoms. The molecule has 1 fully saturated rings. The maximum atomic E-state index is 6.36. The van der Waals surface area contributed by atoms with Crippen molar-refractivity contribution in [3.8, 4) is 0 Å². The molecule has 14 heavy (non-hydrogen) atoms. The topological polar surface area (TPSA) is 17.8 Å². The Morgan fingerprint density at radius 1 is 1.50 bits per heavy atom. The molecule has 1 aliphatic carbocycles. The van der Waals surface area contributed by atoms with E-state index in [0.29, 0.717) is 11.3 Å². The molecular weight excluding hydrogens is 196 g/mol. The van der Waals surface area contributed by atoms with Crippen molar-refractivity contribution in [1.29, 1.82) is 0 Å². The number of aromatic nitrogens is 2. The molecule has 0 amide bonds. The lowest BCUT2D eigenvalue weighted by molar-refractivity contribution is 0.424. The first-order chi connectivity index (χ1) is 6.83. The minimum atomic E-state index is 0.311. The number of nitrogens with zero attached hydrogens (tertiary/aromatic N) is 2. The van der Waals surface area contributed by atoms with E-state index < -0.39 is 0 Å². The van der Waals surface area contributed by atoms with Gasteiger partial charge in [-0.15, -0.1) is 11.6 Å². The van der Waals surface area contributed by atoms with Gasteiger partial charge in [0.05, 0.1) is 0 Å². The molecule has 0 radical (unpaired) electrons. The van der Waals surface area contributed by atoms with E-state index >= 15 is 0 Å². The van der Waals surface area contributed by atoms with E-state index in [-0.39, 0.29) is 0 Å². The molecule has 2 nitrogen and oxygen atoms in total. The highest BCUT2D eigenvalue weighted by molar-refractivity contribution is 6.21. The fraction of sp³-hybridized carbons (Fsp3) is 0.727. The molecule has 0 aromatic carbocycles. The van der Waals surface area contributed by atoms with E-state index in [2.05, 4.69) is 22.8 Å². The molecule has 1 heterocycles. The lowest BCUT2D eigenvalue weighted by atomic mass is 9.86. The summed E-state index contributed by atoms with van der Waals surface area (Å²) in [5.74, 6) is 0.521. The van der Waals surface area contributed by atoms with Crippen LogP contribution in [0.5, 0.6) is 0 Å². The zero-order valence-corrected chi connectivity index (χ0v) is 9.37. The van der Waals surface area contributed by atoms with Gasteiger partial charge < -0.3 is 0 Å². The standard InChI is InChI=1S/C11H17ClN2/c1-2-14-11(7-8-13-14)9-5-3-4-6-10(9)12/h7-10H,2-6H2,1H3. The van der Waals surface area contributed by atoms with E-state index in [1.54, 1.807) is 0 Å². The molecule has 0 spiro atoms. The summed E-state index contributed by atoms with van der Waals surface area (Å²) < 4.78 is 2.07. The third kappa shape index (κ3) is 1.81. The minimum absolute atomic E-state index is 0.311. The average molecular weight is 213 g/mol. The van der Waals surface area contributed by atoms with Crippen LogP contribution in [0.2, 0.25) is 0 Å². The summed E-state index contributed by atoms with van der Waals surface area (Å²) in [6.45, 7) is 3.07. The van der Waals surface area contributed by atoms with Crippen LogP contribution >= 0.6 is 11.6 Å². The van der Waals surface area contributed by atoms with E-state index in [1.165, 1.54) is 25.0 Å². The maximum absolute atomic E-state index is 6.36. The summed E-state index contributed by atoms with van der Waals surface area (Å²) in [5.41, 5.74) is 1.33. The van der Waals surface area contributed by atoms with Crippen molar-refractivity contribution in [2.45, 2.75) is 50.4 Å². The second kappa shape index (κ2) is 4.35. The van der Waals surface area contributed by atoms with Crippen molar-refractivity contribution < 1.29 is 0 Å². The fourth-order valence-electron chi connectivity index (χ4n) is 2.34. The molecule has 1 aliphatic rings. The molecule has 1 saturated carbocycles. The lowest BCUT2D eigenvalue weighted by Crippen LogP contribution is -2.20. The Hall–Kier alpha value is -0.500. The minimum Gasteiger partial charge on any atom is -0.270 e. The van der Waals surface area contributed by atoms with Crippen LogP contribution < -0.4 is 0 Å². The molecule has 3 heteroatoms. The van der Waals surface area contributed by atoms with Crippen molar-refractivity contribution in [1.82, 2.24) is 9.78 Å². The first-order valence-corrected chi connectivity index (χ1v) is 5.92. The van der Waals surface area contributed by atoms with E-state index in [1.807, 2.05) is 6.20 Å². The fourth-order valence-corrected chi connectivity index (χ4v) is 2.75. The Morgan fingerprint density at radius 3 is 3.00 bits per heavy atom. The Labute approximate surface area is 90.3 Å². The predicted octanol–water partition coefficient (Wildman–Crippen LogP) is 3.17. The van der Waals surface area contributed by atoms with Gasteiger partial charge in [-0.05, 0) is 25.8 Å². The van der Waals surface area contributed by atoms with Gasteiger partial charge in [-0.2, -0.15) is 5.10 Å². The highest BCUT2D eigenvalue weighted by atomic mass is 35.5. The van der Waals surface area contributed by atoms with Gasteiger partial charge in [-0.25, -0.2) is 0 Å². The largest absolute Gasteiger partial charge is 0.270 e. The van der Waals surface area contributed by atoms with Gasteiger partial charge in [0.2, 0.25) is 0 Å². The molecule has 1 aromatic heterocycles.